The van der Waals surface area contributed by atoms with Gasteiger partial charge < -0.3 is 10.6 Å². The molecule has 4 nitrogen and oxygen atoms in total. The minimum Gasteiger partial charge on any atom is -0.321 e. The van der Waals surface area contributed by atoms with Crippen molar-refractivity contribution >= 4 is 11.6 Å². The molecule has 1 heterocycles. The van der Waals surface area contributed by atoms with Crippen LogP contribution in [0.3, 0.4) is 0 Å². The number of aromatic nitrogens is 1. The Morgan fingerprint density at radius 3 is 2.75 bits per heavy atom. The number of carbonyl (C=O) groups excluding carboxylic acids is 1. The predicted octanol–water partition coefficient (Wildman–Crippen LogP) is 2.92. The van der Waals surface area contributed by atoms with Crippen LogP contribution in [0, 0.1) is 6.92 Å². The van der Waals surface area contributed by atoms with E-state index in [1.54, 1.807) is 6.20 Å². The van der Waals surface area contributed by atoms with Crippen LogP contribution < -0.4 is 10.6 Å². The minimum atomic E-state index is -0.183. The maximum absolute atomic E-state index is 12.2. The molecule has 104 valence electrons. The first-order valence-corrected chi connectivity index (χ1v) is 6.62. The lowest BCUT2D eigenvalue weighted by molar-refractivity contribution is 0.102. The molecule has 0 saturated heterocycles. The van der Waals surface area contributed by atoms with Gasteiger partial charge in [0.05, 0.1) is 0 Å². The number of benzene rings is 1. The van der Waals surface area contributed by atoms with E-state index in [0.717, 1.165) is 16.8 Å². The lowest BCUT2D eigenvalue weighted by Crippen LogP contribution is -2.16. The maximum atomic E-state index is 12.2. The van der Waals surface area contributed by atoms with E-state index in [2.05, 4.69) is 22.5 Å². The highest BCUT2D eigenvalue weighted by Crippen LogP contribution is 2.17. The molecule has 0 aliphatic carbocycles. The maximum Gasteiger partial charge on any atom is 0.274 e. The fourth-order valence-electron chi connectivity index (χ4n) is 1.97. The third-order valence-corrected chi connectivity index (χ3v) is 3.30. The predicted molar refractivity (Wildman–Crippen MR) is 80.8 cm³/mol. The quantitative estimate of drug-likeness (QED) is 0.897. The van der Waals surface area contributed by atoms with Crippen molar-refractivity contribution < 1.29 is 4.79 Å². The lowest BCUT2D eigenvalue weighted by Gasteiger charge is -2.12. The van der Waals surface area contributed by atoms with Gasteiger partial charge in [0.2, 0.25) is 0 Å². The molecule has 0 aliphatic rings. The first-order chi connectivity index (χ1) is 9.61. The highest BCUT2D eigenvalue weighted by Gasteiger charge is 2.11. The molecule has 1 atom stereocenters. The monoisotopic (exact) mass is 269 g/mol. The van der Waals surface area contributed by atoms with E-state index in [1.807, 2.05) is 50.4 Å². The summed E-state index contributed by atoms with van der Waals surface area (Å²) in [6.07, 6.45) is 1.63. The Balaban J connectivity index is 2.18. The first kappa shape index (κ1) is 14.2. The second-order valence-electron chi connectivity index (χ2n) is 4.76. The molecule has 2 N–H and O–H groups in total. The Labute approximate surface area is 119 Å². The Hall–Kier alpha value is -2.20. The van der Waals surface area contributed by atoms with Crippen LogP contribution in [-0.4, -0.2) is 17.9 Å². The van der Waals surface area contributed by atoms with Gasteiger partial charge in [-0.25, -0.2) is 0 Å². The van der Waals surface area contributed by atoms with Crippen molar-refractivity contribution in [3.8, 4) is 0 Å². The van der Waals surface area contributed by atoms with Gasteiger partial charge in [-0.3, -0.25) is 9.78 Å². The number of hydrogen-bond donors (Lipinski definition) is 2. The number of nitrogens with one attached hydrogen (secondary N) is 2. The van der Waals surface area contributed by atoms with Crippen LogP contribution in [0.15, 0.2) is 42.6 Å². The number of nitrogens with zero attached hydrogens (tertiary/aromatic N) is 1. The van der Waals surface area contributed by atoms with Gasteiger partial charge in [0.1, 0.15) is 5.69 Å². The van der Waals surface area contributed by atoms with Crippen molar-refractivity contribution in [2.24, 2.45) is 0 Å². The number of aryl methyl sites for hydroxylation is 1. The molecule has 0 aliphatic heterocycles. The second-order valence-corrected chi connectivity index (χ2v) is 4.76. The smallest absolute Gasteiger partial charge is 0.274 e. The second kappa shape index (κ2) is 6.30. The van der Waals surface area contributed by atoms with Gasteiger partial charge in [0.25, 0.3) is 5.91 Å². The summed E-state index contributed by atoms with van der Waals surface area (Å²) in [6.45, 7) is 3.95. The van der Waals surface area contributed by atoms with E-state index in [0.29, 0.717) is 5.69 Å². The molecule has 2 rings (SSSR count). The van der Waals surface area contributed by atoms with E-state index >= 15 is 0 Å². The number of amides is 1. The summed E-state index contributed by atoms with van der Waals surface area (Å²) in [5.41, 5.74) is 3.23. The van der Waals surface area contributed by atoms with Crippen LogP contribution in [-0.2, 0) is 0 Å². The van der Waals surface area contributed by atoms with Crippen molar-refractivity contribution in [1.29, 1.82) is 0 Å². The van der Waals surface area contributed by atoms with E-state index in [4.69, 9.17) is 0 Å². The van der Waals surface area contributed by atoms with Gasteiger partial charge in [-0.05, 0) is 50.2 Å². The average molecular weight is 269 g/mol. The number of pyridine rings is 1. The van der Waals surface area contributed by atoms with Gasteiger partial charge in [-0.1, -0.05) is 18.2 Å². The van der Waals surface area contributed by atoms with Crippen molar-refractivity contribution in [2.45, 2.75) is 19.9 Å². The van der Waals surface area contributed by atoms with Crippen LogP contribution >= 0.6 is 0 Å². The molecular formula is C16H19N3O. The Kier molecular flexibility index (Phi) is 4.48. The van der Waals surface area contributed by atoms with Gasteiger partial charge in [-0.15, -0.1) is 0 Å². The van der Waals surface area contributed by atoms with E-state index < -0.39 is 0 Å². The van der Waals surface area contributed by atoms with Crippen LogP contribution in [0.4, 0.5) is 5.69 Å². The number of hydrogen-bond acceptors (Lipinski definition) is 3. The van der Waals surface area contributed by atoms with Crippen LogP contribution in [0.1, 0.15) is 34.6 Å². The largest absolute Gasteiger partial charge is 0.321 e. The van der Waals surface area contributed by atoms with E-state index in [-0.39, 0.29) is 11.9 Å². The highest BCUT2D eigenvalue weighted by atomic mass is 16.1. The van der Waals surface area contributed by atoms with Gasteiger partial charge in [0, 0.05) is 17.9 Å². The fraction of sp³-hybridized carbons (Fsp3) is 0.250. The number of carbonyl (C=O) groups is 1. The summed E-state index contributed by atoms with van der Waals surface area (Å²) in [6, 6.07) is 11.7. The van der Waals surface area contributed by atoms with Crippen molar-refractivity contribution in [3.05, 3.63) is 59.4 Å². The van der Waals surface area contributed by atoms with E-state index in [9.17, 15) is 4.79 Å². The normalized spacial score (nSPS) is 11.9. The summed E-state index contributed by atoms with van der Waals surface area (Å²) >= 11 is 0. The van der Waals surface area contributed by atoms with Gasteiger partial charge >= 0.3 is 0 Å². The molecule has 0 fully saturated rings. The first-order valence-electron chi connectivity index (χ1n) is 6.62. The molecule has 4 heteroatoms. The summed E-state index contributed by atoms with van der Waals surface area (Å²) in [4.78, 5) is 16.3. The number of rotatable bonds is 4. The van der Waals surface area contributed by atoms with Crippen LogP contribution in [0.5, 0.6) is 0 Å². The zero-order valence-corrected chi connectivity index (χ0v) is 12.0. The molecule has 1 amide bonds. The topological polar surface area (TPSA) is 54.0 Å². The molecule has 1 aromatic carbocycles. The highest BCUT2D eigenvalue weighted by molar-refractivity contribution is 6.03. The summed E-state index contributed by atoms with van der Waals surface area (Å²) in [5, 5.41) is 6.07. The van der Waals surface area contributed by atoms with Crippen molar-refractivity contribution in [2.75, 3.05) is 12.4 Å². The fourth-order valence-corrected chi connectivity index (χ4v) is 1.97. The SMILES string of the molecule is CNC(C)c1cccc(NC(=O)c2ncccc2C)c1. The molecule has 0 saturated carbocycles. The van der Waals surface area contributed by atoms with E-state index in [1.165, 1.54) is 0 Å². The molecular weight excluding hydrogens is 250 g/mol. The van der Waals surface area contributed by atoms with Crippen molar-refractivity contribution in [3.63, 3.8) is 0 Å². The van der Waals surface area contributed by atoms with Crippen LogP contribution in [0.2, 0.25) is 0 Å². The zero-order valence-electron chi connectivity index (χ0n) is 12.0. The molecule has 0 radical (unpaired) electrons. The zero-order chi connectivity index (χ0) is 14.5. The lowest BCUT2D eigenvalue weighted by atomic mass is 10.1. The van der Waals surface area contributed by atoms with Crippen LogP contribution in [0.25, 0.3) is 0 Å². The number of anilines is 1. The summed E-state index contributed by atoms with van der Waals surface area (Å²) < 4.78 is 0. The molecule has 1 unspecified atom stereocenters. The minimum absolute atomic E-state index is 0.183. The molecule has 20 heavy (non-hydrogen) atoms. The average Bonchev–Trinajstić information content (AvgIpc) is 2.47. The molecule has 0 bridgehead atoms. The third-order valence-electron chi connectivity index (χ3n) is 3.30. The summed E-state index contributed by atoms with van der Waals surface area (Å²) in [7, 11) is 1.91. The standard InChI is InChI=1S/C16H19N3O/c1-11-6-5-9-18-15(11)16(20)19-14-8-4-7-13(10-14)12(2)17-3/h4-10,12,17H,1-3H3,(H,19,20). The molecule has 1 aromatic heterocycles. The summed E-state index contributed by atoms with van der Waals surface area (Å²) in [5.74, 6) is -0.183. The molecule has 0 spiro atoms. The van der Waals surface area contributed by atoms with Gasteiger partial charge in [-0.2, -0.15) is 0 Å². The van der Waals surface area contributed by atoms with Gasteiger partial charge in [0.15, 0.2) is 0 Å². The van der Waals surface area contributed by atoms with Crippen molar-refractivity contribution in [1.82, 2.24) is 10.3 Å². The Morgan fingerprint density at radius 2 is 2.05 bits per heavy atom. The Bertz CT molecular complexity index is 610. The molecule has 2 aromatic rings. The Morgan fingerprint density at radius 1 is 1.25 bits per heavy atom. The third kappa shape index (κ3) is 3.22.